The number of benzene rings is 1. The lowest BCUT2D eigenvalue weighted by Crippen LogP contribution is -2.25. The van der Waals surface area contributed by atoms with Crippen LogP contribution in [-0.4, -0.2) is 32.7 Å². The molecule has 0 heterocycles. The molecule has 0 aliphatic rings. The van der Waals surface area contributed by atoms with E-state index in [1.165, 1.54) is 11.1 Å². The summed E-state index contributed by atoms with van der Waals surface area (Å²) < 4.78 is 16.6. The summed E-state index contributed by atoms with van der Waals surface area (Å²) in [7, 11) is 0. The third-order valence-corrected chi connectivity index (χ3v) is 3.16. The Balaban J connectivity index is 2.34. The Bertz CT molecular complexity index is 365. The summed E-state index contributed by atoms with van der Waals surface area (Å²) in [6, 6.07) is 8.38. The average molecular weight is 295 g/mol. The first-order chi connectivity index (χ1) is 10.3. The van der Waals surface area contributed by atoms with Gasteiger partial charge in [0.05, 0.1) is 6.61 Å². The van der Waals surface area contributed by atoms with Crippen LogP contribution in [0.15, 0.2) is 24.3 Å². The van der Waals surface area contributed by atoms with Gasteiger partial charge in [0.15, 0.2) is 6.29 Å². The van der Waals surface area contributed by atoms with Gasteiger partial charge < -0.3 is 19.5 Å². The molecule has 1 aromatic carbocycles. The van der Waals surface area contributed by atoms with Crippen molar-refractivity contribution in [2.75, 3.05) is 26.4 Å². The van der Waals surface area contributed by atoms with Crippen molar-refractivity contribution >= 4 is 0 Å². The first kappa shape index (κ1) is 18.1. The van der Waals surface area contributed by atoms with Crippen molar-refractivity contribution in [3.8, 4) is 0 Å². The van der Waals surface area contributed by atoms with E-state index in [0.717, 1.165) is 26.1 Å². The molecule has 0 amide bonds. The van der Waals surface area contributed by atoms with Crippen molar-refractivity contribution in [1.82, 2.24) is 5.32 Å². The molecule has 1 rings (SSSR count). The Morgan fingerprint density at radius 2 is 1.62 bits per heavy atom. The number of hydrogen-bond donors (Lipinski definition) is 1. The molecule has 0 radical (unpaired) electrons. The molecule has 0 unspecified atom stereocenters. The molecule has 0 saturated heterocycles. The van der Waals surface area contributed by atoms with Gasteiger partial charge >= 0.3 is 0 Å². The summed E-state index contributed by atoms with van der Waals surface area (Å²) in [5, 5.41) is 3.45. The Hall–Kier alpha value is -0.940. The molecule has 0 aromatic heterocycles. The van der Waals surface area contributed by atoms with E-state index in [-0.39, 0.29) is 6.29 Å². The standard InChI is InChI=1S/C17H29NO3/c1-4-19-14-16-10-8-7-9-15(16)13-18-12-11-17(20-5-2)21-6-3/h7-10,17-18H,4-6,11-14H2,1-3H3. The van der Waals surface area contributed by atoms with Gasteiger partial charge in [-0.15, -0.1) is 0 Å². The van der Waals surface area contributed by atoms with Gasteiger partial charge in [-0.1, -0.05) is 24.3 Å². The second kappa shape index (κ2) is 11.7. The Kier molecular flexibility index (Phi) is 10.1. The highest BCUT2D eigenvalue weighted by molar-refractivity contribution is 5.26. The molecular weight excluding hydrogens is 266 g/mol. The molecule has 0 bridgehead atoms. The highest BCUT2D eigenvalue weighted by Gasteiger charge is 2.07. The quantitative estimate of drug-likeness (QED) is 0.475. The summed E-state index contributed by atoms with van der Waals surface area (Å²) in [6.45, 7) is 10.5. The van der Waals surface area contributed by atoms with E-state index in [0.29, 0.717) is 19.8 Å². The van der Waals surface area contributed by atoms with Crippen LogP contribution < -0.4 is 5.32 Å². The van der Waals surface area contributed by atoms with Gasteiger partial charge in [0.25, 0.3) is 0 Å². The zero-order valence-corrected chi connectivity index (χ0v) is 13.6. The van der Waals surface area contributed by atoms with E-state index in [2.05, 4.69) is 29.6 Å². The monoisotopic (exact) mass is 295 g/mol. The lowest BCUT2D eigenvalue weighted by Gasteiger charge is -2.17. The number of hydrogen-bond acceptors (Lipinski definition) is 4. The van der Waals surface area contributed by atoms with Crippen LogP contribution in [0.25, 0.3) is 0 Å². The molecule has 21 heavy (non-hydrogen) atoms. The molecule has 0 aliphatic heterocycles. The topological polar surface area (TPSA) is 39.7 Å². The van der Waals surface area contributed by atoms with Crippen LogP contribution >= 0.6 is 0 Å². The van der Waals surface area contributed by atoms with Crippen LogP contribution in [0.1, 0.15) is 38.3 Å². The SMILES string of the molecule is CCOCc1ccccc1CNCCC(OCC)OCC. The first-order valence-electron chi connectivity index (χ1n) is 7.90. The molecule has 0 saturated carbocycles. The zero-order chi connectivity index (χ0) is 15.3. The maximum absolute atomic E-state index is 5.53. The van der Waals surface area contributed by atoms with Crippen molar-refractivity contribution in [2.24, 2.45) is 0 Å². The molecule has 4 nitrogen and oxygen atoms in total. The van der Waals surface area contributed by atoms with E-state index < -0.39 is 0 Å². The van der Waals surface area contributed by atoms with Crippen molar-refractivity contribution in [2.45, 2.75) is 46.6 Å². The average Bonchev–Trinajstić information content (AvgIpc) is 2.50. The predicted octanol–water partition coefficient (Wildman–Crippen LogP) is 3.10. The summed E-state index contributed by atoms with van der Waals surface area (Å²) in [6.07, 6.45) is 0.751. The Labute approximate surface area is 128 Å². The van der Waals surface area contributed by atoms with Crippen LogP contribution in [0.5, 0.6) is 0 Å². The van der Waals surface area contributed by atoms with Gasteiger partial charge in [0.2, 0.25) is 0 Å². The minimum Gasteiger partial charge on any atom is -0.377 e. The number of rotatable bonds is 12. The lowest BCUT2D eigenvalue weighted by atomic mass is 10.1. The van der Waals surface area contributed by atoms with Crippen LogP contribution in [0.2, 0.25) is 0 Å². The lowest BCUT2D eigenvalue weighted by molar-refractivity contribution is -0.138. The van der Waals surface area contributed by atoms with E-state index >= 15 is 0 Å². The molecule has 0 spiro atoms. The van der Waals surface area contributed by atoms with Gasteiger partial charge in [-0.3, -0.25) is 0 Å². The normalized spacial score (nSPS) is 11.2. The highest BCUT2D eigenvalue weighted by atomic mass is 16.7. The fraction of sp³-hybridized carbons (Fsp3) is 0.647. The van der Waals surface area contributed by atoms with E-state index in [1.54, 1.807) is 0 Å². The van der Waals surface area contributed by atoms with Gasteiger partial charge in [0, 0.05) is 39.3 Å². The third-order valence-electron chi connectivity index (χ3n) is 3.16. The number of nitrogens with one attached hydrogen (secondary N) is 1. The minimum absolute atomic E-state index is 0.105. The smallest absolute Gasteiger partial charge is 0.158 e. The third kappa shape index (κ3) is 7.58. The van der Waals surface area contributed by atoms with Crippen LogP contribution in [0.3, 0.4) is 0 Å². The number of ether oxygens (including phenoxy) is 3. The molecule has 0 atom stereocenters. The van der Waals surface area contributed by atoms with E-state index in [9.17, 15) is 0 Å². The zero-order valence-electron chi connectivity index (χ0n) is 13.6. The second-order valence-electron chi connectivity index (χ2n) is 4.71. The molecule has 120 valence electrons. The second-order valence-corrected chi connectivity index (χ2v) is 4.71. The first-order valence-corrected chi connectivity index (χ1v) is 7.90. The Morgan fingerprint density at radius 1 is 0.952 bits per heavy atom. The van der Waals surface area contributed by atoms with E-state index in [4.69, 9.17) is 14.2 Å². The Morgan fingerprint density at radius 3 is 2.24 bits per heavy atom. The van der Waals surface area contributed by atoms with Crippen molar-refractivity contribution in [3.05, 3.63) is 35.4 Å². The molecule has 4 heteroatoms. The maximum Gasteiger partial charge on any atom is 0.158 e. The van der Waals surface area contributed by atoms with Gasteiger partial charge in [-0.2, -0.15) is 0 Å². The summed E-state index contributed by atoms with van der Waals surface area (Å²) >= 11 is 0. The van der Waals surface area contributed by atoms with Crippen molar-refractivity contribution < 1.29 is 14.2 Å². The minimum atomic E-state index is -0.105. The van der Waals surface area contributed by atoms with Crippen LogP contribution in [0, 0.1) is 0 Å². The molecule has 1 N–H and O–H groups in total. The predicted molar refractivity (Wildman–Crippen MR) is 85.1 cm³/mol. The maximum atomic E-state index is 5.53. The molecule has 1 aromatic rings. The van der Waals surface area contributed by atoms with Gasteiger partial charge in [0.1, 0.15) is 0 Å². The molecular formula is C17H29NO3. The largest absolute Gasteiger partial charge is 0.377 e. The van der Waals surface area contributed by atoms with Crippen molar-refractivity contribution in [1.29, 1.82) is 0 Å². The summed E-state index contributed by atoms with van der Waals surface area (Å²) in [5.74, 6) is 0. The van der Waals surface area contributed by atoms with Crippen molar-refractivity contribution in [3.63, 3.8) is 0 Å². The van der Waals surface area contributed by atoms with Crippen LogP contribution in [0.4, 0.5) is 0 Å². The van der Waals surface area contributed by atoms with Crippen LogP contribution in [-0.2, 0) is 27.4 Å². The fourth-order valence-electron chi connectivity index (χ4n) is 2.11. The van der Waals surface area contributed by atoms with E-state index in [1.807, 2.05) is 20.8 Å². The van der Waals surface area contributed by atoms with Gasteiger partial charge in [-0.25, -0.2) is 0 Å². The van der Waals surface area contributed by atoms with Gasteiger partial charge in [-0.05, 0) is 31.9 Å². The summed E-state index contributed by atoms with van der Waals surface area (Å²) in [4.78, 5) is 0. The summed E-state index contributed by atoms with van der Waals surface area (Å²) in [5.41, 5.74) is 2.54. The highest BCUT2D eigenvalue weighted by Crippen LogP contribution is 2.10. The molecule has 0 aliphatic carbocycles. The fourth-order valence-corrected chi connectivity index (χ4v) is 2.11. The molecule has 0 fully saturated rings.